The van der Waals surface area contributed by atoms with Crippen LogP contribution in [-0.4, -0.2) is 11.7 Å². The van der Waals surface area contributed by atoms with Gasteiger partial charge in [0.05, 0.1) is 6.10 Å². The number of hydrogen-bond acceptors (Lipinski definition) is 2. The van der Waals surface area contributed by atoms with Crippen LogP contribution >= 0.6 is 0 Å². The minimum Gasteiger partial charge on any atom is -0.387 e. The first-order chi connectivity index (χ1) is 9.58. The Labute approximate surface area is 114 Å². The summed E-state index contributed by atoms with van der Waals surface area (Å²) < 4.78 is 39.7. The molecule has 5 heteroatoms. The van der Waals surface area contributed by atoms with Crippen molar-refractivity contribution in [1.29, 1.82) is 0 Å². The number of rotatable bonds is 5. The van der Waals surface area contributed by atoms with E-state index < -0.39 is 23.6 Å². The topological polar surface area (TPSA) is 32.3 Å². The summed E-state index contributed by atoms with van der Waals surface area (Å²) in [7, 11) is 0. The largest absolute Gasteiger partial charge is 0.387 e. The summed E-state index contributed by atoms with van der Waals surface area (Å²) in [6, 6.07) is 9.04. The van der Waals surface area contributed by atoms with Gasteiger partial charge in [0.2, 0.25) is 0 Å². The molecule has 2 aromatic rings. The fraction of sp³-hybridized carbons (Fsp3) is 0.200. The first kappa shape index (κ1) is 14.6. The number of nitrogens with one attached hydrogen (secondary N) is 1. The Bertz CT molecular complexity index is 589. The van der Waals surface area contributed by atoms with Crippen molar-refractivity contribution in [1.82, 2.24) is 5.32 Å². The molecule has 0 radical (unpaired) electrons. The molecule has 0 amide bonds. The van der Waals surface area contributed by atoms with Gasteiger partial charge in [-0.2, -0.15) is 0 Å². The van der Waals surface area contributed by atoms with Crippen molar-refractivity contribution in [2.24, 2.45) is 0 Å². The van der Waals surface area contributed by atoms with Gasteiger partial charge in [0.1, 0.15) is 17.5 Å². The minimum atomic E-state index is -1.05. The highest BCUT2D eigenvalue weighted by Gasteiger charge is 2.12. The van der Waals surface area contributed by atoms with Crippen LogP contribution in [0.4, 0.5) is 13.2 Å². The molecule has 0 saturated heterocycles. The molecule has 0 bridgehead atoms. The van der Waals surface area contributed by atoms with Crippen LogP contribution in [-0.2, 0) is 6.54 Å². The van der Waals surface area contributed by atoms with Crippen molar-refractivity contribution in [3.63, 3.8) is 0 Å². The second kappa shape index (κ2) is 6.54. The molecule has 0 fully saturated rings. The summed E-state index contributed by atoms with van der Waals surface area (Å²) in [5, 5.41) is 12.6. The Hall–Kier alpha value is -1.85. The van der Waals surface area contributed by atoms with Crippen LogP contribution in [0.25, 0.3) is 0 Å². The zero-order valence-corrected chi connectivity index (χ0v) is 10.6. The molecule has 0 spiro atoms. The Morgan fingerprint density at radius 2 is 1.75 bits per heavy atom. The van der Waals surface area contributed by atoms with Gasteiger partial charge in [-0.1, -0.05) is 18.2 Å². The Morgan fingerprint density at radius 3 is 2.50 bits per heavy atom. The van der Waals surface area contributed by atoms with Gasteiger partial charge in [0, 0.05) is 24.2 Å². The van der Waals surface area contributed by atoms with Gasteiger partial charge >= 0.3 is 0 Å². The van der Waals surface area contributed by atoms with E-state index in [9.17, 15) is 18.3 Å². The second-order valence-electron chi connectivity index (χ2n) is 4.40. The van der Waals surface area contributed by atoms with Crippen molar-refractivity contribution in [2.75, 3.05) is 6.54 Å². The first-order valence-corrected chi connectivity index (χ1v) is 6.15. The van der Waals surface area contributed by atoms with Crippen molar-refractivity contribution < 1.29 is 18.3 Å². The SMILES string of the molecule is OC(CNCc1cc(F)ccc1F)c1ccccc1F. The molecule has 106 valence electrons. The lowest BCUT2D eigenvalue weighted by atomic mass is 10.1. The van der Waals surface area contributed by atoms with E-state index in [2.05, 4.69) is 5.32 Å². The molecule has 0 aliphatic carbocycles. The van der Waals surface area contributed by atoms with Crippen LogP contribution in [0, 0.1) is 17.5 Å². The van der Waals surface area contributed by atoms with E-state index in [1.165, 1.54) is 18.2 Å². The molecule has 1 unspecified atom stereocenters. The third-order valence-corrected chi connectivity index (χ3v) is 2.93. The van der Waals surface area contributed by atoms with Crippen molar-refractivity contribution in [3.8, 4) is 0 Å². The number of aliphatic hydroxyl groups excluding tert-OH is 1. The summed E-state index contributed by atoms with van der Waals surface area (Å²) in [6.07, 6.45) is -1.05. The van der Waals surface area contributed by atoms with Crippen molar-refractivity contribution in [2.45, 2.75) is 12.6 Å². The molecule has 2 aromatic carbocycles. The normalized spacial score (nSPS) is 12.4. The Morgan fingerprint density at radius 1 is 1.00 bits per heavy atom. The van der Waals surface area contributed by atoms with Crippen LogP contribution in [0.5, 0.6) is 0 Å². The standard InChI is InChI=1S/C15H14F3NO/c16-11-5-6-13(17)10(7-11)8-19-9-15(20)12-3-1-2-4-14(12)18/h1-7,15,19-20H,8-9H2. The molecular weight excluding hydrogens is 267 g/mol. The highest BCUT2D eigenvalue weighted by atomic mass is 19.1. The van der Waals surface area contributed by atoms with E-state index in [1.54, 1.807) is 6.07 Å². The van der Waals surface area contributed by atoms with E-state index >= 15 is 0 Å². The lowest BCUT2D eigenvalue weighted by Crippen LogP contribution is -2.22. The molecule has 2 nitrogen and oxygen atoms in total. The quantitative estimate of drug-likeness (QED) is 0.883. The van der Waals surface area contributed by atoms with Gasteiger partial charge in [-0.05, 0) is 24.3 Å². The van der Waals surface area contributed by atoms with E-state index in [0.717, 1.165) is 18.2 Å². The predicted molar refractivity (Wildman–Crippen MR) is 69.4 cm³/mol. The monoisotopic (exact) mass is 281 g/mol. The third kappa shape index (κ3) is 3.59. The maximum Gasteiger partial charge on any atom is 0.129 e. The van der Waals surface area contributed by atoms with Crippen molar-refractivity contribution >= 4 is 0 Å². The molecule has 0 aliphatic rings. The summed E-state index contributed by atoms with van der Waals surface area (Å²) in [4.78, 5) is 0. The Balaban J connectivity index is 1.93. The molecular formula is C15H14F3NO. The van der Waals surface area contributed by atoms with Gasteiger partial charge in [0.15, 0.2) is 0 Å². The molecule has 0 aromatic heterocycles. The minimum absolute atomic E-state index is 0.0386. The van der Waals surface area contributed by atoms with Crippen LogP contribution in [0.1, 0.15) is 17.2 Å². The molecule has 1 atom stereocenters. The smallest absolute Gasteiger partial charge is 0.129 e. The van der Waals surface area contributed by atoms with Crippen LogP contribution < -0.4 is 5.32 Å². The molecule has 0 heterocycles. The van der Waals surface area contributed by atoms with Crippen molar-refractivity contribution in [3.05, 3.63) is 71.0 Å². The number of aliphatic hydroxyl groups is 1. The summed E-state index contributed by atoms with van der Waals surface area (Å²) in [5.74, 6) is -1.56. The fourth-order valence-corrected chi connectivity index (χ4v) is 1.88. The van der Waals surface area contributed by atoms with E-state index in [1.807, 2.05) is 0 Å². The second-order valence-corrected chi connectivity index (χ2v) is 4.40. The van der Waals surface area contributed by atoms with Gasteiger partial charge in [-0.3, -0.25) is 0 Å². The maximum atomic E-state index is 13.4. The fourth-order valence-electron chi connectivity index (χ4n) is 1.88. The average molecular weight is 281 g/mol. The molecule has 2 rings (SSSR count). The van der Waals surface area contributed by atoms with Gasteiger partial charge < -0.3 is 10.4 Å². The van der Waals surface area contributed by atoms with E-state index in [4.69, 9.17) is 0 Å². The van der Waals surface area contributed by atoms with Crippen LogP contribution in [0.3, 0.4) is 0 Å². The molecule has 2 N–H and O–H groups in total. The van der Waals surface area contributed by atoms with Gasteiger partial charge in [-0.15, -0.1) is 0 Å². The summed E-state index contributed by atoms with van der Waals surface area (Å²) in [5.41, 5.74) is 0.324. The lowest BCUT2D eigenvalue weighted by molar-refractivity contribution is 0.169. The molecule has 20 heavy (non-hydrogen) atoms. The van der Waals surface area contributed by atoms with Gasteiger partial charge in [0.25, 0.3) is 0 Å². The van der Waals surface area contributed by atoms with E-state index in [0.29, 0.717) is 0 Å². The first-order valence-electron chi connectivity index (χ1n) is 6.15. The number of benzene rings is 2. The highest BCUT2D eigenvalue weighted by Crippen LogP contribution is 2.16. The average Bonchev–Trinajstić information content (AvgIpc) is 2.43. The summed E-state index contributed by atoms with van der Waals surface area (Å²) in [6.45, 7) is 0.0893. The highest BCUT2D eigenvalue weighted by molar-refractivity contribution is 5.21. The molecule has 0 aliphatic heterocycles. The molecule has 0 saturated carbocycles. The van der Waals surface area contributed by atoms with Crippen LogP contribution in [0.15, 0.2) is 42.5 Å². The van der Waals surface area contributed by atoms with Crippen LogP contribution in [0.2, 0.25) is 0 Å². The predicted octanol–water partition coefficient (Wildman–Crippen LogP) is 2.93. The maximum absolute atomic E-state index is 13.4. The zero-order valence-electron chi connectivity index (χ0n) is 10.6. The zero-order chi connectivity index (χ0) is 14.5. The number of halogens is 3. The van der Waals surface area contributed by atoms with Gasteiger partial charge in [-0.25, -0.2) is 13.2 Å². The lowest BCUT2D eigenvalue weighted by Gasteiger charge is -2.13. The Kier molecular flexibility index (Phi) is 4.76. The number of hydrogen-bond donors (Lipinski definition) is 2. The third-order valence-electron chi connectivity index (χ3n) is 2.93. The van der Waals surface area contributed by atoms with E-state index in [-0.39, 0.29) is 24.2 Å². The summed E-state index contributed by atoms with van der Waals surface area (Å²) >= 11 is 0.